The van der Waals surface area contributed by atoms with E-state index in [1.807, 2.05) is 0 Å². The summed E-state index contributed by atoms with van der Waals surface area (Å²) in [6, 6.07) is 5.07. The van der Waals surface area contributed by atoms with E-state index in [9.17, 15) is 22.8 Å². The molecule has 9 nitrogen and oxygen atoms in total. The Kier molecular flexibility index (Phi) is 7.37. The second-order valence-corrected chi connectivity index (χ2v) is 6.93. The number of sulfonamides is 1. The van der Waals surface area contributed by atoms with E-state index in [0.29, 0.717) is 6.54 Å². The molecule has 138 valence electrons. The lowest BCUT2D eigenvalue weighted by molar-refractivity contribution is -0.130. The van der Waals surface area contributed by atoms with E-state index < -0.39 is 34.5 Å². The lowest BCUT2D eigenvalue weighted by Gasteiger charge is -2.14. The van der Waals surface area contributed by atoms with Crippen molar-refractivity contribution in [2.24, 2.45) is 0 Å². The van der Waals surface area contributed by atoms with Gasteiger partial charge in [-0.05, 0) is 26.0 Å². The zero-order valence-electron chi connectivity index (χ0n) is 14.2. The Balaban J connectivity index is 2.66. The smallest absolute Gasteiger partial charge is 0.340 e. The molecular formula is C15H21N3O6S. The molecule has 0 fully saturated rings. The van der Waals surface area contributed by atoms with Gasteiger partial charge in [0.25, 0.3) is 5.91 Å². The number of anilines is 1. The molecule has 0 unspecified atom stereocenters. The molecule has 25 heavy (non-hydrogen) atoms. The van der Waals surface area contributed by atoms with Crippen molar-refractivity contribution in [1.82, 2.24) is 10.6 Å². The van der Waals surface area contributed by atoms with E-state index in [1.165, 1.54) is 25.1 Å². The minimum absolute atomic E-state index is 0.0301. The molecule has 0 radical (unpaired) electrons. The van der Waals surface area contributed by atoms with Crippen molar-refractivity contribution in [3.63, 3.8) is 0 Å². The van der Waals surface area contributed by atoms with E-state index in [4.69, 9.17) is 4.74 Å². The van der Waals surface area contributed by atoms with Gasteiger partial charge in [0.15, 0.2) is 6.61 Å². The van der Waals surface area contributed by atoms with E-state index >= 15 is 0 Å². The Labute approximate surface area is 146 Å². The van der Waals surface area contributed by atoms with Crippen molar-refractivity contribution in [2.75, 3.05) is 24.1 Å². The molecule has 1 aromatic carbocycles. The standard InChI is InChI=1S/C15H21N3O6S/c1-4-16-14(20)10(2)17-13(19)9-24-15(21)11-7-5-6-8-12(11)18-25(3,22)23/h5-8,10,18H,4,9H2,1-3H3,(H,16,20)(H,17,19)/t10-/m1/s1. The predicted octanol–water partition coefficient (Wildman–Crippen LogP) is -0.144. The Morgan fingerprint density at radius 1 is 1.20 bits per heavy atom. The lowest BCUT2D eigenvalue weighted by atomic mass is 10.2. The topological polar surface area (TPSA) is 131 Å². The summed E-state index contributed by atoms with van der Waals surface area (Å²) in [5, 5.41) is 4.93. The molecule has 0 spiro atoms. The van der Waals surface area contributed by atoms with Crippen LogP contribution in [-0.2, 0) is 24.3 Å². The van der Waals surface area contributed by atoms with Crippen molar-refractivity contribution < 1.29 is 27.5 Å². The van der Waals surface area contributed by atoms with Crippen molar-refractivity contribution >= 4 is 33.5 Å². The largest absolute Gasteiger partial charge is 0.452 e. The molecule has 0 heterocycles. The monoisotopic (exact) mass is 371 g/mol. The molecule has 3 N–H and O–H groups in total. The van der Waals surface area contributed by atoms with Gasteiger partial charge < -0.3 is 15.4 Å². The third kappa shape index (κ3) is 7.21. The summed E-state index contributed by atoms with van der Waals surface area (Å²) in [4.78, 5) is 35.3. The SMILES string of the molecule is CCNC(=O)[C@@H](C)NC(=O)COC(=O)c1ccccc1NS(C)(=O)=O. The molecule has 1 aromatic rings. The molecule has 0 aromatic heterocycles. The summed E-state index contributed by atoms with van der Waals surface area (Å²) >= 11 is 0. The van der Waals surface area contributed by atoms with Gasteiger partial charge in [-0.15, -0.1) is 0 Å². The molecule has 0 aliphatic rings. The maximum Gasteiger partial charge on any atom is 0.340 e. The third-order valence-electron chi connectivity index (χ3n) is 2.90. The van der Waals surface area contributed by atoms with Gasteiger partial charge in [-0.1, -0.05) is 12.1 Å². The van der Waals surface area contributed by atoms with Gasteiger partial charge in [0.1, 0.15) is 6.04 Å². The Morgan fingerprint density at radius 2 is 1.84 bits per heavy atom. The molecule has 2 amide bonds. The van der Waals surface area contributed by atoms with Crippen molar-refractivity contribution in [2.45, 2.75) is 19.9 Å². The molecule has 1 atom stereocenters. The molecule has 0 aliphatic heterocycles. The third-order valence-corrected chi connectivity index (χ3v) is 3.49. The molecule has 0 saturated carbocycles. The first-order valence-corrected chi connectivity index (χ1v) is 9.34. The summed E-state index contributed by atoms with van der Waals surface area (Å²) in [5.41, 5.74) is 0.0172. The minimum atomic E-state index is -3.58. The lowest BCUT2D eigenvalue weighted by Crippen LogP contribution is -2.46. The highest BCUT2D eigenvalue weighted by molar-refractivity contribution is 7.92. The van der Waals surface area contributed by atoms with Crippen LogP contribution in [0.2, 0.25) is 0 Å². The van der Waals surface area contributed by atoms with Crippen LogP contribution in [0.15, 0.2) is 24.3 Å². The van der Waals surface area contributed by atoms with Crippen LogP contribution >= 0.6 is 0 Å². The van der Waals surface area contributed by atoms with Crippen LogP contribution < -0.4 is 15.4 Å². The Hall–Kier alpha value is -2.62. The van der Waals surface area contributed by atoms with Crippen molar-refractivity contribution in [1.29, 1.82) is 0 Å². The number of amides is 2. The summed E-state index contributed by atoms with van der Waals surface area (Å²) in [7, 11) is -3.58. The highest BCUT2D eigenvalue weighted by Gasteiger charge is 2.18. The Bertz CT molecular complexity index is 747. The zero-order chi connectivity index (χ0) is 19.0. The number of carbonyl (C=O) groups excluding carboxylic acids is 3. The van der Waals surface area contributed by atoms with Gasteiger partial charge in [-0.3, -0.25) is 14.3 Å². The zero-order valence-corrected chi connectivity index (χ0v) is 15.0. The van der Waals surface area contributed by atoms with Gasteiger partial charge in [0.2, 0.25) is 15.9 Å². The van der Waals surface area contributed by atoms with Crippen LogP contribution in [0.25, 0.3) is 0 Å². The number of likely N-dealkylation sites (N-methyl/N-ethyl adjacent to an activating group) is 1. The summed E-state index contributed by atoms with van der Waals surface area (Å²) in [5.74, 6) is -1.88. The fourth-order valence-electron chi connectivity index (χ4n) is 1.83. The number of para-hydroxylation sites is 1. The molecule has 1 rings (SSSR count). The van der Waals surface area contributed by atoms with Gasteiger partial charge in [0, 0.05) is 6.54 Å². The summed E-state index contributed by atoms with van der Waals surface area (Å²) in [6.07, 6.45) is 0.950. The highest BCUT2D eigenvalue weighted by atomic mass is 32.2. The number of ether oxygens (including phenoxy) is 1. The number of carbonyl (C=O) groups is 3. The first-order valence-electron chi connectivity index (χ1n) is 7.45. The van der Waals surface area contributed by atoms with Crippen LogP contribution in [0.1, 0.15) is 24.2 Å². The van der Waals surface area contributed by atoms with Crippen LogP contribution in [0, 0.1) is 0 Å². The Morgan fingerprint density at radius 3 is 2.44 bits per heavy atom. The van der Waals surface area contributed by atoms with E-state index in [2.05, 4.69) is 15.4 Å². The molecule has 0 aliphatic carbocycles. The maximum atomic E-state index is 12.1. The summed E-state index contributed by atoms with van der Waals surface area (Å²) < 4.78 is 29.7. The van der Waals surface area contributed by atoms with E-state index in [0.717, 1.165) is 6.26 Å². The number of nitrogens with one attached hydrogen (secondary N) is 3. The van der Waals surface area contributed by atoms with Crippen LogP contribution in [-0.4, -0.2) is 51.7 Å². The number of rotatable bonds is 8. The molecule has 10 heteroatoms. The molecule has 0 saturated heterocycles. The van der Waals surface area contributed by atoms with Crippen molar-refractivity contribution in [3.05, 3.63) is 29.8 Å². The first-order chi connectivity index (χ1) is 11.6. The fraction of sp³-hybridized carbons (Fsp3) is 0.400. The number of hydrogen-bond donors (Lipinski definition) is 3. The van der Waals surface area contributed by atoms with Gasteiger partial charge in [0.05, 0.1) is 17.5 Å². The minimum Gasteiger partial charge on any atom is -0.452 e. The van der Waals surface area contributed by atoms with Gasteiger partial charge in [-0.25, -0.2) is 13.2 Å². The quantitative estimate of drug-likeness (QED) is 0.545. The highest BCUT2D eigenvalue weighted by Crippen LogP contribution is 2.17. The number of hydrogen-bond acceptors (Lipinski definition) is 6. The van der Waals surface area contributed by atoms with Gasteiger partial charge >= 0.3 is 5.97 Å². The van der Waals surface area contributed by atoms with Crippen LogP contribution in [0.3, 0.4) is 0 Å². The normalized spacial score (nSPS) is 12.0. The van der Waals surface area contributed by atoms with Crippen LogP contribution in [0.5, 0.6) is 0 Å². The predicted molar refractivity (Wildman–Crippen MR) is 91.5 cm³/mol. The fourth-order valence-corrected chi connectivity index (χ4v) is 2.41. The first kappa shape index (κ1) is 20.4. The average molecular weight is 371 g/mol. The molecule has 0 bridgehead atoms. The second kappa shape index (κ2) is 9.02. The maximum absolute atomic E-state index is 12.1. The van der Waals surface area contributed by atoms with E-state index in [-0.39, 0.29) is 17.2 Å². The van der Waals surface area contributed by atoms with Gasteiger partial charge in [-0.2, -0.15) is 0 Å². The number of benzene rings is 1. The summed E-state index contributed by atoms with van der Waals surface area (Å²) in [6.45, 7) is 3.07. The second-order valence-electron chi connectivity index (χ2n) is 5.18. The average Bonchev–Trinajstić information content (AvgIpc) is 2.51. The molecular weight excluding hydrogens is 350 g/mol. The van der Waals surface area contributed by atoms with Crippen molar-refractivity contribution in [3.8, 4) is 0 Å². The van der Waals surface area contributed by atoms with E-state index in [1.54, 1.807) is 13.0 Å². The number of esters is 1. The van der Waals surface area contributed by atoms with Crippen LogP contribution in [0.4, 0.5) is 5.69 Å².